The quantitative estimate of drug-likeness (QED) is 0.774. The first-order valence-electron chi connectivity index (χ1n) is 6.16. The van der Waals surface area contributed by atoms with E-state index in [-0.39, 0.29) is 5.75 Å². The summed E-state index contributed by atoms with van der Waals surface area (Å²) in [7, 11) is 0. The molecule has 3 nitrogen and oxygen atoms in total. The Kier molecular flexibility index (Phi) is 3.02. The van der Waals surface area contributed by atoms with E-state index >= 15 is 0 Å². The molecule has 0 saturated carbocycles. The van der Waals surface area contributed by atoms with Gasteiger partial charge in [0.05, 0.1) is 18.2 Å². The second-order valence-corrected chi connectivity index (χ2v) is 4.44. The van der Waals surface area contributed by atoms with Crippen molar-refractivity contribution in [3.05, 3.63) is 72.7 Å². The van der Waals surface area contributed by atoms with E-state index in [2.05, 4.69) is 21.7 Å². The number of benzene rings is 2. The molecular formula is C16H14N2O. The normalized spacial score (nSPS) is 10.5. The second-order valence-electron chi connectivity index (χ2n) is 4.44. The maximum Gasteiger partial charge on any atom is 0.115 e. The highest BCUT2D eigenvalue weighted by Crippen LogP contribution is 2.20. The number of aromatic nitrogens is 2. The molecular weight excluding hydrogens is 236 g/mol. The molecule has 1 heterocycles. The van der Waals surface area contributed by atoms with E-state index in [1.54, 1.807) is 12.1 Å². The van der Waals surface area contributed by atoms with Gasteiger partial charge in [0.1, 0.15) is 5.75 Å². The highest BCUT2D eigenvalue weighted by Gasteiger charge is 2.05. The van der Waals surface area contributed by atoms with Crippen LogP contribution in [-0.2, 0) is 6.54 Å². The van der Waals surface area contributed by atoms with Crippen LogP contribution in [0.2, 0.25) is 0 Å². The molecule has 0 fully saturated rings. The van der Waals surface area contributed by atoms with Crippen LogP contribution in [0.3, 0.4) is 0 Å². The topological polar surface area (TPSA) is 38.0 Å². The third kappa shape index (κ3) is 2.50. The SMILES string of the molecule is Oc1ccc(Cn2cncc2-c2ccccc2)cc1. The molecule has 0 aliphatic carbocycles. The Bertz CT molecular complexity index is 657. The molecule has 0 saturated heterocycles. The summed E-state index contributed by atoms with van der Waals surface area (Å²) in [4.78, 5) is 4.23. The van der Waals surface area contributed by atoms with Gasteiger partial charge in [-0.25, -0.2) is 4.98 Å². The molecule has 3 aromatic rings. The zero-order valence-electron chi connectivity index (χ0n) is 10.4. The third-order valence-electron chi connectivity index (χ3n) is 3.07. The number of imidazole rings is 1. The summed E-state index contributed by atoms with van der Waals surface area (Å²) in [5, 5.41) is 9.30. The van der Waals surface area contributed by atoms with Gasteiger partial charge in [0.25, 0.3) is 0 Å². The first kappa shape index (κ1) is 11.5. The minimum absolute atomic E-state index is 0.290. The van der Waals surface area contributed by atoms with Gasteiger partial charge in [0.2, 0.25) is 0 Å². The van der Waals surface area contributed by atoms with Crippen LogP contribution in [0.15, 0.2) is 67.1 Å². The Labute approximate surface area is 111 Å². The van der Waals surface area contributed by atoms with Crippen LogP contribution in [0.1, 0.15) is 5.56 Å². The average Bonchev–Trinajstić information content (AvgIpc) is 2.90. The number of phenols is 1. The van der Waals surface area contributed by atoms with E-state index < -0.39 is 0 Å². The van der Waals surface area contributed by atoms with E-state index in [0.29, 0.717) is 0 Å². The average molecular weight is 250 g/mol. The Balaban J connectivity index is 1.91. The Morgan fingerprint density at radius 1 is 0.947 bits per heavy atom. The Morgan fingerprint density at radius 3 is 2.42 bits per heavy atom. The summed E-state index contributed by atoms with van der Waals surface area (Å²) in [6.07, 6.45) is 3.70. The van der Waals surface area contributed by atoms with Crippen LogP contribution in [0.4, 0.5) is 0 Å². The van der Waals surface area contributed by atoms with Gasteiger partial charge in [-0.2, -0.15) is 0 Å². The maximum absolute atomic E-state index is 9.30. The Morgan fingerprint density at radius 2 is 1.68 bits per heavy atom. The monoisotopic (exact) mass is 250 g/mol. The molecule has 1 aromatic heterocycles. The van der Waals surface area contributed by atoms with Crippen molar-refractivity contribution in [2.45, 2.75) is 6.54 Å². The zero-order valence-corrected chi connectivity index (χ0v) is 10.4. The largest absolute Gasteiger partial charge is 0.508 e. The van der Waals surface area contributed by atoms with Crippen LogP contribution in [0, 0.1) is 0 Å². The first-order valence-corrected chi connectivity index (χ1v) is 6.16. The zero-order chi connectivity index (χ0) is 13.1. The lowest BCUT2D eigenvalue weighted by Crippen LogP contribution is -1.99. The lowest BCUT2D eigenvalue weighted by Gasteiger charge is -2.08. The second kappa shape index (κ2) is 4.98. The van der Waals surface area contributed by atoms with Gasteiger partial charge in [-0.1, -0.05) is 42.5 Å². The highest BCUT2D eigenvalue weighted by atomic mass is 16.3. The fraction of sp³-hybridized carbons (Fsp3) is 0.0625. The summed E-state index contributed by atoms with van der Waals surface area (Å²) in [5.74, 6) is 0.290. The predicted molar refractivity (Wildman–Crippen MR) is 74.9 cm³/mol. The number of hydrogen-bond acceptors (Lipinski definition) is 2. The third-order valence-corrected chi connectivity index (χ3v) is 3.07. The Hall–Kier alpha value is -2.55. The summed E-state index contributed by atoms with van der Waals surface area (Å²) < 4.78 is 2.10. The fourth-order valence-electron chi connectivity index (χ4n) is 2.09. The molecule has 3 heteroatoms. The lowest BCUT2D eigenvalue weighted by molar-refractivity contribution is 0.475. The molecule has 0 atom stereocenters. The maximum atomic E-state index is 9.30. The van der Waals surface area contributed by atoms with Crippen molar-refractivity contribution in [2.75, 3.05) is 0 Å². The van der Waals surface area contributed by atoms with Crippen molar-refractivity contribution < 1.29 is 5.11 Å². The molecule has 19 heavy (non-hydrogen) atoms. The van der Waals surface area contributed by atoms with Crippen LogP contribution in [-0.4, -0.2) is 14.7 Å². The van der Waals surface area contributed by atoms with Gasteiger partial charge in [-0.3, -0.25) is 0 Å². The van der Waals surface area contributed by atoms with Crippen LogP contribution >= 0.6 is 0 Å². The standard InChI is InChI=1S/C16H14N2O/c19-15-8-6-13(7-9-15)11-18-12-17-10-16(18)14-4-2-1-3-5-14/h1-10,12,19H,11H2. The van der Waals surface area contributed by atoms with Crippen molar-refractivity contribution in [2.24, 2.45) is 0 Å². The molecule has 0 radical (unpaired) electrons. The van der Waals surface area contributed by atoms with Crippen LogP contribution in [0.5, 0.6) is 5.75 Å². The predicted octanol–water partition coefficient (Wildman–Crippen LogP) is 3.30. The smallest absolute Gasteiger partial charge is 0.115 e. The molecule has 0 aliphatic heterocycles. The van der Waals surface area contributed by atoms with Gasteiger partial charge >= 0.3 is 0 Å². The molecule has 1 N–H and O–H groups in total. The van der Waals surface area contributed by atoms with E-state index in [1.165, 1.54) is 0 Å². The van der Waals surface area contributed by atoms with Gasteiger partial charge in [-0.05, 0) is 23.3 Å². The summed E-state index contributed by atoms with van der Waals surface area (Å²) >= 11 is 0. The van der Waals surface area contributed by atoms with Crippen molar-refractivity contribution in [3.8, 4) is 17.0 Å². The van der Waals surface area contributed by atoms with Gasteiger partial charge in [0, 0.05) is 6.54 Å². The molecule has 0 amide bonds. The van der Waals surface area contributed by atoms with Crippen molar-refractivity contribution in [1.82, 2.24) is 9.55 Å². The molecule has 2 aromatic carbocycles. The van der Waals surface area contributed by atoms with Gasteiger partial charge in [-0.15, -0.1) is 0 Å². The summed E-state index contributed by atoms with van der Waals surface area (Å²) in [6, 6.07) is 17.4. The number of hydrogen-bond donors (Lipinski definition) is 1. The van der Waals surface area contributed by atoms with Crippen molar-refractivity contribution in [3.63, 3.8) is 0 Å². The number of nitrogens with zero attached hydrogens (tertiary/aromatic N) is 2. The van der Waals surface area contributed by atoms with Gasteiger partial charge in [0.15, 0.2) is 0 Å². The molecule has 0 unspecified atom stereocenters. The van der Waals surface area contributed by atoms with E-state index in [0.717, 1.165) is 23.4 Å². The highest BCUT2D eigenvalue weighted by molar-refractivity contribution is 5.58. The minimum atomic E-state index is 0.290. The molecule has 94 valence electrons. The lowest BCUT2D eigenvalue weighted by atomic mass is 10.1. The van der Waals surface area contributed by atoms with E-state index in [9.17, 15) is 5.11 Å². The summed E-state index contributed by atoms with van der Waals surface area (Å²) in [5.41, 5.74) is 3.38. The summed E-state index contributed by atoms with van der Waals surface area (Å²) in [6.45, 7) is 0.741. The van der Waals surface area contributed by atoms with E-state index in [4.69, 9.17) is 0 Å². The number of aromatic hydroxyl groups is 1. The molecule has 0 aliphatic rings. The van der Waals surface area contributed by atoms with Crippen molar-refractivity contribution >= 4 is 0 Å². The van der Waals surface area contributed by atoms with E-state index in [1.807, 2.05) is 42.9 Å². The van der Waals surface area contributed by atoms with Crippen LogP contribution < -0.4 is 0 Å². The fourth-order valence-corrected chi connectivity index (χ4v) is 2.09. The molecule has 0 bridgehead atoms. The molecule has 0 spiro atoms. The number of phenolic OH excluding ortho intramolecular Hbond substituents is 1. The van der Waals surface area contributed by atoms with Gasteiger partial charge < -0.3 is 9.67 Å². The first-order chi connectivity index (χ1) is 9.33. The minimum Gasteiger partial charge on any atom is -0.508 e. The van der Waals surface area contributed by atoms with Crippen LogP contribution in [0.25, 0.3) is 11.3 Å². The molecule has 3 rings (SSSR count). The number of rotatable bonds is 3. The van der Waals surface area contributed by atoms with Crippen molar-refractivity contribution in [1.29, 1.82) is 0 Å².